The van der Waals surface area contributed by atoms with Gasteiger partial charge in [0.1, 0.15) is 0 Å². The molecule has 0 aliphatic heterocycles. The number of nitrogens with zero attached hydrogens (tertiary/aromatic N) is 1. The number of nitrogens with two attached hydrogens (primary N) is 2. The van der Waals surface area contributed by atoms with Crippen molar-refractivity contribution in [2.75, 3.05) is 20.1 Å². The zero-order chi connectivity index (χ0) is 11.0. The summed E-state index contributed by atoms with van der Waals surface area (Å²) in [5.74, 6) is 9.36. The number of carbonyl (C=O) groups is 2. The van der Waals surface area contributed by atoms with Gasteiger partial charge in [0.15, 0.2) is 0 Å². The monoisotopic (exact) mass is 203 g/mol. The number of carbonyl (C=O) groups excluding carboxylic acids is 2. The Morgan fingerprint density at radius 3 is 1.71 bits per heavy atom. The van der Waals surface area contributed by atoms with Crippen LogP contribution in [-0.2, 0) is 9.59 Å². The van der Waals surface area contributed by atoms with Crippen LogP contribution in [0.2, 0.25) is 0 Å². The minimum atomic E-state index is -0.222. The molecule has 82 valence electrons. The van der Waals surface area contributed by atoms with Gasteiger partial charge in [-0.1, -0.05) is 0 Å². The van der Waals surface area contributed by atoms with E-state index in [9.17, 15) is 9.59 Å². The number of hydrazine groups is 2. The van der Waals surface area contributed by atoms with Crippen molar-refractivity contribution in [1.29, 1.82) is 0 Å². The van der Waals surface area contributed by atoms with E-state index >= 15 is 0 Å². The van der Waals surface area contributed by atoms with Crippen LogP contribution in [0.15, 0.2) is 0 Å². The normalized spacial score (nSPS) is 10.0. The van der Waals surface area contributed by atoms with Crippen molar-refractivity contribution in [3.63, 3.8) is 0 Å². The SMILES string of the molecule is CN(CCC(=O)NN)CCC(=O)NN. The Balaban J connectivity index is 3.50. The molecule has 0 aromatic carbocycles. The maximum Gasteiger partial charge on any atom is 0.235 e. The number of rotatable bonds is 6. The van der Waals surface area contributed by atoms with Crippen LogP contribution in [0.4, 0.5) is 0 Å². The lowest BCUT2D eigenvalue weighted by Gasteiger charge is -2.14. The molecule has 0 heterocycles. The number of nitrogens with one attached hydrogen (secondary N) is 2. The number of amides is 2. The Hall–Kier alpha value is -1.18. The molecule has 0 aromatic heterocycles. The molecule has 6 N–H and O–H groups in total. The fourth-order valence-electron chi connectivity index (χ4n) is 0.841. The van der Waals surface area contributed by atoms with Crippen molar-refractivity contribution in [2.24, 2.45) is 11.7 Å². The van der Waals surface area contributed by atoms with E-state index in [0.717, 1.165) is 0 Å². The molecule has 0 saturated carbocycles. The largest absolute Gasteiger partial charge is 0.305 e. The summed E-state index contributed by atoms with van der Waals surface area (Å²) in [7, 11) is 1.81. The summed E-state index contributed by atoms with van der Waals surface area (Å²) in [4.78, 5) is 23.3. The van der Waals surface area contributed by atoms with Crippen LogP contribution < -0.4 is 22.5 Å². The minimum Gasteiger partial charge on any atom is -0.305 e. The molecule has 0 radical (unpaired) electrons. The summed E-state index contributed by atoms with van der Waals surface area (Å²) >= 11 is 0. The van der Waals surface area contributed by atoms with Crippen LogP contribution in [0, 0.1) is 0 Å². The molecule has 0 fully saturated rings. The van der Waals surface area contributed by atoms with E-state index in [0.29, 0.717) is 25.9 Å². The fraction of sp³-hybridized carbons (Fsp3) is 0.714. The first-order valence-corrected chi connectivity index (χ1v) is 4.27. The molecule has 0 rings (SSSR count). The zero-order valence-electron chi connectivity index (χ0n) is 8.25. The molecule has 7 heteroatoms. The fourth-order valence-corrected chi connectivity index (χ4v) is 0.841. The van der Waals surface area contributed by atoms with Gasteiger partial charge in [-0.3, -0.25) is 20.4 Å². The van der Waals surface area contributed by atoms with Crippen molar-refractivity contribution < 1.29 is 9.59 Å². The average Bonchev–Trinajstić information content (AvgIpc) is 2.22. The Morgan fingerprint density at radius 1 is 1.07 bits per heavy atom. The third kappa shape index (κ3) is 6.35. The van der Waals surface area contributed by atoms with E-state index in [1.165, 1.54) is 0 Å². The molecule has 0 saturated heterocycles. The smallest absolute Gasteiger partial charge is 0.235 e. The molecule has 2 amide bonds. The van der Waals surface area contributed by atoms with Crippen LogP contribution in [0.5, 0.6) is 0 Å². The van der Waals surface area contributed by atoms with Gasteiger partial charge >= 0.3 is 0 Å². The number of hydrogen-bond donors (Lipinski definition) is 4. The van der Waals surface area contributed by atoms with Crippen molar-refractivity contribution in [1.82, 2.24) is 15.8 Å². The third-order valence-corrected chi connectivity index (χ3v) is 1.76. The van der Waals surface area contributed by atoms with Gasteiger partial charge in [0, 0.05) is 25.9 Å². The number of hydrogen-bond acceptors (Lipinski definition) is 5. The highest BCUT2D eigenvalue weighted by atomic mass is 16.2. The first kappa shape index (κ1) is 12.8. The van der Waals surface area contributed by atoms with Gasteiger partial charge in [-0.05, 0) is 7.05 Å². The first-order chi connectivity index (χ1) is 6.60. The quantitative estimate of drug-likeness (QED) is 0.220. The Labute approximate surface area is 82.7 Å². The summed E-state index contributed by atoms with van der Waals surface area (Å²) < 4.78 is 0. The van der Waals surface area contributed by atoms with E-state index in [1.54, 1.807) is 0 Å². The minimum absolute atomic E-state index is 0.222. The molecule has 0 atom stereocenters. The molecular weight excluding hydrogens is 186 g/mol. The highest BCUT2D eigenvalue weighted by molar-refractivity contribution is 5.75. The van der Waals surface area contributed by atoms with Crippen LogP contribution in [0.25, 0.3) is 0 Å². The molecule has 0 spiro atoms. The van der Waals surface area contributed by atoms with Gasteiger partial charge in [0.05, 0.1) is 0 Å². The van der Waals surface area contributed by atoms with Gasteiger partial charge in [-0.15, -0.1) is 0 Å². The van der Waals surface area contributed by atoms with E-state index < -0.39 is 0 Å². The lowest BCUT2D eigenvalue weighted by atomic mass is 10.3. The van der Waals surface area contributed by atoms with Crippen LogP contribution in [-0.4, -0.2) is 36.9 Å². The molecule has 14 heavy (non-hydrogen) atoms. The predicted octanol–water partition coefficient (Wildman–Crippen LogP) is -2.32. The Morgan fingerprint density at radius 2 is 1.43 bits per heavy atom. The van der Waals surface area contributed by atoms with Crippen molar-refractivity contribution in [3.8, 4) is 0 Å². The zero-order valence-corrected chi connectivity index (χ0v) is 8.25. The van der Waals surface area contributed by atoms with Crippen LogP contribution in [0.1, 0.15) is 12.8 Å². The van der Waals surface area contributed by atoms with Crippen molar-refractivity contribution in [3.05, 3.63) is 0 Å². The van der Waals surface area contributed by atoms with Crippen LogP contribution >= 0.6 is 0 Å². The predicted molar refractivity (Wildman–Crippen MR) is 51.4 cm³/mol. The summed E-state index contributed by atoms with van der Waals surface area (Å²) in [6.45, 7) is 1.11. The van der Waals surface area contributed by atoms with E-state index in [2.05, 4.69) is 0 Å². The molecule has 0 aromatic rings. The molecule has 0 aliphatic rings. The molecule has 7 nitrogen and oxygen atoms in total. The van der Waals surface area contributed by atoms with Gasteiger partial charge in [-0.25, -0.2) is 11.7 Å². The van der Waals surface area contributed by atoms with Crippen molar-refractivity contribution in [2.45, 2.75) is 12.8 Å². The summed E-state index contributed by atoms with van der Waals surface area (Å²) in [5, 5.41) is 0. The van der Waals surface area contributed by atoms with E-state index in [4.69, 9.17) is 11.7 Å². The van der Waals surface area contributed by atoms with E-state index in [1.807, 2.05) is 22.8 Å². The van der Waals surface area contributed by atoms with Gasteiger partial charge in [0.25, 0.3) is 0 Å². The molecule has 0 unspecified atom stereocenters. The molecule has 0 bridgehead atoms. The third-order valence-electron chi connectivity index (χ3n) is 1.76. The summed E-state index contributed by atoms with van der Waals surface area (Å²) in [6.07, 6.45) is 0.633. The Kier molecular flexibility index (Phi) is 6.63. The standard InChI is InChI=1S/C7H17N5O2/c1-12(4-2-6(13)10-8)5-3-7(14)11-9/h2-5,8-9H2,1H3,(H,10,13)(H,11,14). The molecular formula is C7H17N5O2. The van der Waals surface area contributed by atoms with E-state index in [-0.39, 0.29) is 11.8 Å². The van der Waals surface area contributed by atoms with Gasteiger partial charge in [-0.2, -0.15) is 0 Å². The average molecular weight is 203 g/mol. The highest BCUT2D eigenvalue weighted by Gasteiger charge is 2.05. The Bertz CT molecular complexity index is 177. The lowest BCUT2D eigenvalue weighted by molar-refractivity contribution is -0.121. The lowest BCUT2D eigenvalue weighted by Crippen LogP contribution is -2.35. The second-order valence-electron chi connectivity index (χ2n) is 2.94. The topological polar surface area (TPSA) is 113 Å². The van der Waals surface area contributed by atoms with Crippen LogP contribution in [0.3, 0.4) is 0 Å². The second-order valence-corrected chi connectivity index (χ2v) is 2.94. The summed E-state index contributed by atoms with van der Waals surface area (Å²) in [6, 6.07) is 0. The second kappa shape index (κ2) is 7.25. The first-order valence-electron chi connectivity index (χ1n) is 4.27. The maximum absolute atomic E-state index is 10.7. The van der Waals surface area contributed by atoms with Crippen molar-refractivity contribution >= 4 is 11.8 Å². The highest BCUT2D eigenvalue weighted by Crippen LogP contribution is 1.90. The summed E-state index contributed by atoms with van der Waals surface area (Å²) in [5.41, 5.74) is 4.06. The van der Waals surface area contributed by atoms with Gasteiger partial charge in [0.2, 0.25) is 11.8 Å². The molecule has 0 aliphatic carbocycles. The maximum atomic E-state index is 10.7. The van der Waals surface area contributed by atoms with Gasteiger partial charge < -0.3 is 4.90 Å².